The van der Waals surface area contributed by atoms with Crippen molar-refractivity contribution in [2.75, 3.05) is 20.8 Å². The molecule has 1 aromatic carbocycles. The predicted octanol–water partition coefficient (Wildman–Crippen LogP) is 2.32. The van der Waals surface area contributed by atoms with Crippen LogP contribution in [0.5, 0.6) is 11.5 Å². The number of nitrogens with zero attached hydrogens (tertiary/aromatic N) is 2. The van der Waals surface area contributed by atoms with Gasteiger partial charge in [0.2, 0.25) is 0 Å². The van der Waals surface area contributed by atoms with E-state index in [0.29, 0.717) is 30.0 Å². The summed E-state index contributed by atoms with van der Waals surface area (Å²) in [7, 11) is 3.11. The Bertz CT molecular complexity index is 825. The highest BCUT2D eigenvalue weighted by molar-refractivity contribution is 5.94. The Morgan fingerprint density at radius 1 is 1.17 bits per heavy atom. The molecule has 2 heterocycles. The fraction of sp³-hybridized carbons (Fsp3) is 0.222. The number of fused-ring (bicyclic) bond motifs is 1. The maximum atomic E-state index is 12.2. The Labute approximate surface area is 140 Å². The van der Waals surface area contributed by atoms with E-state index in [1.54, 1.807) is 32.4 Å². The number of nitrogens with one attached hydrogen (secondary N) is 1. The second-order valence-electron chi connectivity index (χ2n) is 5.27. The van der Waals surface area contributed by atoms with Gasteiger partial charge in [-0.15, -0.1) is 0 Å². The van der Waals surface area contributed by atoms with Gasteiger partial charge in [-0.2, -0.15) is 0 Å². The normalized spacial score (nSPS) is 10.6. The molecule has 3 aromatic rings. The van der Waals surface area contributed by atoms with Gasteiger partial charge in [0.25, 0.3) is 5.91 Å². The van der Waals surface area contributed by atoms with Gasteiger partial charge in [-0.25, -0.2) is 4.98 Å². The number of amides is 1. The maximum Gasteiger partial charge on any atom is 0.251 e. The lowest BCUT2D eigenvalue weighted by atomic mass is 10.2. The molecule has 0 fully saturated rings. The molecule has 2 aromatic heterocycles. The molecule has 3 rings (SSSR count). The lowest BCUT2D eigenvalue weighted by Crippen LogP contribution is -2.25. The molecule has 0 atom stereocenters. The summed E-state index contributed by atoms with van der Waals surface area (Å²) < 4.78 is 12.4. The first-order valence-corrected chi connectivity index (χ1v) is 7.64. The first kappa shape index (κ1) is 15.9. The number of carbonyl (C=O) groups excluding carboxylic acids is 1. The van der Waals surface area contributed by atoms with Crippen LogP contribution in [0, 0.1) is 0 Å². The molecule has 0 saturated carbocycles. The van der Waals surface area contributed by atoms with Crippen LogP contribution in [0.4, 0.5) is 0 Å². The van der Waals surface area contributed by atoms with E-state index in [2.05, 4.69) is 10.3 Å². The number of benzene rings is 1. The van der Waals surface area contributed by atoms with Crippen molar-refractivity contribution in [2.45, 2.75) is 6.42 Å². The number of aromatic nitrogens is 2. The monoisotopic (exact) mass is 325 g/mol. The average Bonchev–Trinajstić information content (AvgIpc) is 3.03. The number of hydrogen-bond acceptors (Lipinski definition) is 4. The molecule has 124 valence electrons. The largest absolute Gasteiger partial charge is 0.493 e. The van der Waals surface area contributed by atoms with Crippen molar-refractivity contribution in [3.8, 4) is 11.5 Å². The summed E-state index contributed by atoms with van der Waals surface area (Å²) in [6, 6.07) is 10.9. The van der Waals surface area contributed by atoms with Gasteiger partial charge in [-0.05, 0) is 30.3 Å². The van der Waals surface area contributed by atoms with Gasteiger partial charge in [-0.3, -0.25) is 4.79 Å². The molecule has 0 spiro atoms. The SMILES string of the molecule is COc1ccc(C(=O)NCCc2cn3ccccc3n2)cc1OC. The van der Waals surface area contributed by atoms with Crippen LogP contribution in [0.2, 0.25) is 0 Å². The highest BCUT2D eigenvalue weighted by Crippen LogP contribution is 2.27. The Kier molecular flexibility index (Phi) is 4.65. The number of pyridine rings is 1. The second kappa shape index (κ2) is 7.04. The predicted molar refractivity (Wildman–Crippen MR) is 90.8 cm³/mol. The summed E-state index contributed by atoms with van der Waals surface area (Å²) in [4.78, 5) is 16.7. The lowest BCUT2D eigenvalue weighted by Gasteiger charge is -2.09. The van der Waals surface area contributed by atoms with Crippen LogP contribution in [0.1, 0.15) is 16.1 Å². The third-order valence-electron chi connectivity index (χ3n) is 3.73. The molecule has 0 radical (unpaired) electrons. The van der Waals surface area contributed by atoms with Gasteiger partial charge in [0, 0.05) is 30.9 Å². The van der Waals surface area contributed by atoms with Crippen LogP contribution in [-0.4, -0.2) is 36.1 Å². The van der Waals surface area contributed by atoms with Crippen LogP contribution in [0.3, 0.4) is 0 Å². The second-order valence-corrected chi connectivity index (χ2v) is 5.27. The molecule has 1 amide bonds. The van der Waals surface area contributed by atoms with E-state index in [-0.39, 0.29) is 5.91 Å². The third kappa shape index (κ3) is 3.32. The Hall–Kier alpha value is -3.02. The van der Waals surface area contributed by atoms with Gasteiger partial charge in [0.05, 0.1) is 19.9 Å². The summed E-state index contributed by atoms with van der Waals surface area (Å²) in [5.41, 5.74) is 2.37. The van der Waals surface area contributed by atoms with Gasteiger partial charge < -0.3 is 19.2 Å². The Morgan fingerprint density at radius 2 is 2.00 bits per heavy atom. The van der Waals surface area contributed by atoms with Crippen molar-refractivity contribution < 1.29 is 14.3 Å². The standard InChI is InChI=1S/C18H19N3O3/c1-23-15-7-6-13(11-16(15)24-2)18(22)19-9-8-14-12-21-10-4-3-5-17(21)20-14/h3-7,10-12H,8-9H2,1-2H3,(H,19,22). The molecule has 0 aliphatic heterocycles. The smallest absolute Gasteiger partial charge is 0.251 e. The van der Waals surface area contributed by atoms with Gasteiger partial charge in [-0.1, -0.05) is 6.07 Å². The van der Waals surface area contributed by atoms with Crippen molar-refractivity contribution in [1.29, 1.82) is 0 Å². The van der Waals surface area contributed by atoms with Crippen LogP contribution in [0.15, 0.2) is 48.8 Å². The van der Waals surface area contributed by atoms with Crippen LogP contribution in [-0.2, 0) is 6.42 Å². The van der Waals surface area contributed by atoms with E-state index in [0.717, 1.165) is 11.3 Å². The molecule has 0 saturated heterocycles. The number of carbonyl (C=O) groups is 1. The molecular weight excluding hydrogens is 306 g/mol. The summed E-state index contributed by atoms with van der Waals surface area (Å²) in [6.45, 7) is 0.511. The lowest BCUT2D eigenvalue weighted by molar-refractivity contribution is 0.0953. The van der Waals surface area contributed by atoms with Gasteiger partial charge in [0.1, 0.15) is 5.65 Å². The Balaban J connectivity index is 1.61. The first-order chi connectivity index (χ1) is 11.7. The molecule has 6 nitrogen and oxygen atoms in total. The van der Waals surface area contributed by atoms with Crippen molar-refractivity contribution in [3.05, 3.63) is 60.0 Å². The molecule has 0 bridgehead atoms. The van der Waals surface area contributed by atoms with E-state index >= 15 is 0 Å². The number of imidazole rings is 1. The number of ether oxygens (including phenoxy) is 2. The minimum Gasteiger partial charge on any atom is -0.493 e. The summed E-state index contributed by atoms with van der Waals surface area (Å²) in [5.74, 6) is 0.976. The Morgan fingerprint density at radius 3 is 2.75 bits per heavy atom. The average molecular weight is 325 g/mol. The summed E-state index contributed by atoms with van der Waals surface area (Å²) >= 11 is 0. The number of methoxy groups -OCH3 is 2. The molecule has 0 aliphatic rings. The zero-order chi connectivity index (χ0) is 16.9. The summed E-state index contributed by atoms with van der Waals surface area (Å²) in [6.07, 6.45) is 4.59. The van der Waals surface area contributed by atoms with Gasteiger partial charge >= 0.3 is 0 Å². The minimum absolute atomic E-state index is 0.153. The van der Waals surface area contributed by atoms with Gasteiger partial charge in [0.15, 0.2) is 11.5 Å². The zero-order valence-corrected chi connectivity index (χ0v) is 13.7. The number of rotatable bonds is 6. The summed E-state index contributed by atoms with van der Waals surface area (Å²) in [5, 5.41) is 2.90. The van der Waals surface area contributed by atoms with Crippen molar-refractivity contribution >= 4 is 11.6 Å². The molecule has 1 N–H and O–H groups in total. The van der Waals surface area contributed by atoms with E-state index in [1.165, 1.54) is 0 Å². The fourth-order valence-electron chi connectivity index (χ4n) is 2.49. The zero-order valence-electron chi connectivity index (χ0n) is 13.7. The van der Waals surface area contributed by atoms with E-state index in [4.69, 9.17) is 9.47 Å². The first-order valence-electron chi connectivity index (χ1n) is 7.64. The van der Waals surface area contributed by atoms with E-state index in [1.807, 2.05) is 35.0 Å². The minimum atomic E-state index is -0.153. The molecular formula is C18H19N3O3. The molecule has 0 unspecified atom stereocenters. The van der Waals surface area contributed by atoms with Crippen molar-refractivity contribution in [3.63, 3.8) is 0 Å². The van der Waals surface area contributed by atoms with Crippen molar-refractivity contribution in [2.24, 2.45) is 0 Å². The molecule has 6 heteroatoms. The molecule has 24 heavy (non-hydrogen) atoms. The molecule has 0 aliphatic carbocycles. The topological polar surface area (TPSA) is 64.9 Å². The third-order valence-corrected chi connectivity index (χ3v) is 3.73. The highest BCUT2D eigenvalue weighted by atomic mass is 16.5. The van der Waals surface area contributed by atoms with Crippen molar-refractivity contribution in [1.82, 2.24) is 14.7 Å². The van der Waals surface area contributed by atoms with Crippen LogP contribution >= 0.6 is 0 Å². The maximum absolute atomic E-state index is 12.2. The quantitative estimate of drug-likeness (QED) is 0.755. The number of hydrogen-bond donors (Lipinski definition) is 1. The highest BCUT2D eigenvalue weighted by Gasteiger charge is 2.10. The van der Waals surface area contributed by atoms with Crippen LogP contribution < -0.4 is 14.8 Å². The van der Waals surface area contributed by atoms with Crippen LogP contribution in [0.25, 0.3) is 5.65 Å². The fourth-order valence-corrected chi connectivity index (χ4v) is 2.49. The van der Waals surface area contributed by atoms with E-state index in [9.17, 15) is 4.79 Å². The van der Waals surface area contributed by atoms with E-state index < -0.39 is 0 Å².